The van der Waals surface area contributed by atoms with Gasteiger partial charge in [0, 0.05) is 22.4 Å². The van der Waals surface area contributed by atoms with Gasteiger partial charge in [0.1, 0.15) is 0 Å². The fraction of sp³-hybridized carbons (Fsp3) is 0.0870. The first kappa shape index (κ1) is 19.4. The third-order valence-corrected chi connectivity index (χ3v) is 6.09. The molecule has 4 rings (SSSR count). The van der Waals surface area contributed by atoms with Gasteiger partial charge in [-0.2, -0.15) is 5.10 Å². The summed E-state index contributed by atoms with van der Waals surface area (Å²) < 4.78 is 25.4. The lowest BCUT2D eigenvalue weighted by Gasteiger charge is -2.08. The van der Waals surface area contributed by atoms with Gasteiger partial charge in [-0.05, 0) is 49.4 Å². The molecule has 29 heavy (non-hydrogen) atoms. The minimum atomic E-state index is -3.26. The van der Waals surface area contributed by atoms with E-state index in [2.05, 4.69) is 12.1 Å². The number of rotatable bonds is 4. The van der Waals surface area contributed by atoms with Gasteiger partial charge >= 0.3 is 0 Å². The van der Waals surface area contributed by atoms with Gasteiger partial charge in [0.05, 0.1) is 22.0 Å². The van der Waals surface area contributed by atoms with Gasteiger partial charge in [0.15, 0.2) is 9.84 Å². The number of nitrogens with zero attached hydrogens (tertiary/aromatic N) is 2. The van der Waals surface area contributed by atoms with Crippen molar-refractivity contribution in [2.24, 2.45) is 0 Å². The van der Waals surface area contributed by atoms with Gasteiger partial charge in [-0.25, -0.2) is 13.1 Å². The van der Waals surface area contributed by atoms with Crippen LogP contribution in [-0.4, -0.2) is 24.5 Å². The smallest absolute Gasteiger partial charge is 0.175 e. The SMILES string of the molecule is Cc1ccc(-c2cc(-c3ccc(Cl)cc3)n(-c3ccc(S(C)(=O)=O)cc3)n2)cc1. The Balaban J connectivity index is 1.86. The monoisotopic (exact) mass is 422 g/mol. The molecule has 4 aromatic rings. The number of benzene rings is 3. The van der Waals surface area contributed by atoms with Crippen LogP contribution >= 0.6 is 11.6 Å². The van der Waals surface area contributed by atoms with Gasteiger partial charge in [-0.3, -0.25) is 0 Å². The molecule has 1 aromatic heterocycles. The summed E-state index contributed by atoms with van der Waals surface area (Å²) in [7, 11) is -3.26. The molecule has 0 aliphatic heterocycles. The van der Waals surface area contributed by atoms with E-state index in [0.717, 1.165) is 28.2 Å². The summed E-state index contributed by atoms with van der Waals surface area (Å²) in [5.74, 6) is 0. The first-order valence-electron chi connectivity index (χ1n) is 9.05. The van der Waals surface area contributed by atoms with Gasteiger partial charge in [0.2, 0.25) is 0 Å². The molecule has 146 valence electrons. The lowest BCUT2D eigenvalue weighted by atomic mass is 10.1. The van der Waals surface area contributed by atoms with Crippen LogP contribution in [0.5, 0.6) is 0 Å². The van der Waals surface area contributed by atoms with Crippen molar-refractivity contribution in [3.63, 3.8) is 0 Å². The topological polar surface area (TPSA) is 52.0 Å². The number of aryl methyl sites for hydroxylation is 1. The maximum Gasteiger partial charge on any atom is 0.175 e. The minimum absolute atomic E-state index is 0.278. The van der Waals surface area contributed by atoms with Crippen molar-refractivity contribution in [2.75, 3.05) is 6.26 Å². The summed E-state index contributed by atoms with van der Waals surface area (Å²) in [5.41, 5.74) is 5.67. The van der Waals surface area contributed by atoms with Crippen molar-refractivity contribution < 1.29 is 8.42 Å². The highest BCUT2D eigenvalue weighted by molar-refractivity contribution is 7.90. The molecule has 0 saturated heterocycles. The number of aromatic nitrogens is 2. The van der Waals surface area contributed by atoms with Crippen LogP contribution in [0.2, 0.25) is 5.02 Å². The zero-order chi connectivity index (χ0) is 20.6. The molecule has 4 nitrogen and oxygen atoms in total. The summed E-state index contributed by atoms with van der Waals surface area (Å²) in [6.45, 7) is 2.05. The second-order valence-electron chi connectivity index (χ2n) is 6.97. The highest BCUT2D eigenvalue weighted by atomic mass is 35.5. The van der Waals surface area contributed by atoms with Crippen LogP contribution < -0.4 is 0 Å². The molecular formula is C23H19ClN2O2S. The fourth-order valence-corrected chi connectivity index (χ4v) is 3.86. The van der Waals surface area contributed by atoms with Crippen molar-refractivity contribution in [2.45, 2.75) is 11.8 Å². The van der Waals surface area contributed by atoms with Crippen molar-refractivity contribution in [1.82, 2.24) is 9.78 Å². The van der Waals surface area contributed by atoms with E-state index < -0.39 is 9.84 Å². The van der Waals surface area contributed by atoms with Crippen LogP contribution in [0.25, 0.3) is 28.2 Å². The average Bonchev–Trinajstić information content (AvgIpc) is 3.14. The second kappa shape index (κ2) is 7.50. The molecule has 0 fully saturated rings. The van der Waals surface area contributed by atoms with Gasteiger partial charge in [-0.15, -0.1) is 0 Å². The predicted molar refractivity (Wildman–Crippen MR) is 117 cm³/mol. The van der Waals surface area contributed by atoms with Crippen LogP contribution in [0.3, 0.4) is 0 Å². The lowest BCUT2D eigenvalue weighted by Crippen LogP contribution is -2.01. The first-order chi connectivity index (χ1) is 13.8. The molecule has 3 aromatic carbocycles. The van der Waals surface area contributed by atoms with Crippen LogP contribution in [0.15, 0.2) is 83.8 Å². The van der Waals surface area contributed by atoms with Gasteiger partial charge in [-0.1, -0.05) is 53.6 Å². The Morgan fingerprint density at radius 3 is 2.00 bits per heavy atom. The third-order valence-electron chi connectivity index (χ3n) is 4.71. The van der Waals surface area contributed by atoms with Crippen molar-refractivity contribution in [3.05, 3.63) is 89.4 Å². The average molecular weight is 423 g/mol. The molecule has 6 heteroatoms. The van der Waals surface area contributed by atoms with E-state index in [1.807, 2.05) is 54.1 Å². The summed E-state index contributed by atoms with van der Waals surface area (Å²) in [4.78, 5) is 0.278. The number of sulfone groups is 1. The quantitative estimate of drug-likeness (QED) is 0.432. The largest absolute Gasteiger partial charge is 0.232 e. The fourth-order valence-electron chi connectivity index (χ4n) is 3.10. The molecule has 0 N–H and O–H groups in total. The normalized spacial score (nSPS) is 11.6. The van der Waals surface area contributed by atoms with Crippen LogP contribution in [0, 0.1) is 6.92 Å². The molecule has 0 aliphatic carbocycles. The second-order valence-corrected chi connectivity index (χ2v) is 9.42. The molecule has 0 aliphatic rings. The van der Waals surface area contributed by atoms with Gasteiger partial charge < -0.3 is 0 Å². The van der Waals surface area contributed by atoms with Crippen LogP contribution in [0.4, 0.5) is 0 Å². The van der Waals surface area contributed by atoms with E-state index in [9.17, 15) is 8.42 Å². The third kappa shape index (κ3) is 4.11. The van der Waals surface area contributed by atoms with Crippen molar-refractivity contribution in [1.29, 1.82) is 0 Å². The highest BCUT2D eigenvalue weighted by Gasteiger charge is 2.14. The molecule has 0 amide bonds. The summed E-state index contributed by atoms with van der Waals surface area (Å²) >= 11 is 6.05. The maximum absolute atomic E-state index is 11.8. The molecule has 0 radical (unpaired) electrons. The van der Waals surface area contributed by atoms with E-state index >= 15 is 0 Å². The van der Waals surface area contributed by atoms with Crippen molar-refractivity contribution in [3.8, 4) is 28.2 Å². The Hall–Kier alpha value is -2.89. The maximum atomic E-state index is 11.8. The predicted octanol–water partition coefficient (Wildman–Crippen LogP) is 5.57. The number of halogens is 1. The Bertz CT molecular complexity index is 1260. The summed E-state index contributed by atoms with van der Waals surface area (Å²) in [6, 6.07) is 24.5. The van der Waals surface area contributed by atoms with E-state index in [-0.39, 0.29) is 4.90 Å². The molecule has 0 bridgehead atoms. The number of hydrogen-bond acceptors (Lipinski definition) is 3. The van der Waals surface area contributed by atoms with E-state index in [0.29, 0.717) is 5.02 Å². The minimum Gasteiger partial charge on any atom is -0.232 e. The zero-order valence-electron chi connectivity index (χ0n) is 16.0. The Morgan fingerprint density at radius 1 is 0.828 bits per heavy atom. The Morgan fingerprint density at radius 2 is 1.41 bits per heavy atom. The molecule has 0 saturated carbocycles. The molecular weight excluding hydrogens is 404 g/mol. The zero-order valence-corrected chi connectivity index (χ0v) is 17.6. The molecule has 1 heterocycles. The Labute approximate surface area is 175 Å². The first-order valence-corrected chi connectivity index (χ1v) is 11.3. The standard InChI is InChI=1S/C23H19ClN2O2S/c1-16-3-5-17(6-4-16)22-15-23(18-7-9-19(24)10-8-18)26(25-22)20-11-13-21(14-12-20)29(2,27)28/h3-15H,1-2H3. The van der Waals surface area contributed by atoms with E-state index in [1.165, 1.54) is 11.8 Å². The van der Waals surface area contributed by atoms with Crippen LogP contribution in [0.1, 0.15) is 5.56 Å². The lowest BCUT2D eigenvalue weighted by molar-refractivity contribution is 0.602. The molecule has 0 spiro atoms. The van der Waals surface area contributed by atoms with Gasteiger partial charge in [0.25, 0.3) is 0 Å². The van der Waals surface area contributed by atoms with E-state index in [1.54, 1.807) is 24.3 Å². The highest BCUT2D eigenvalue weighted by Crippen LogP contribution is 2.30. The summed E-state index contributed by atoms with van der Waals surface area (Å²) in [6.07, 6.45) is 1.20. The number of hydrogen-bond donors (Lipinski definition) is 0. The van der Waals surface area contributed by atoms with Crippen LogP contribution in [-0.2, 0) is 9.84 Å². The van der Waals surface area contributed by atoms with Crippen molar-refractivity contribution >= 4 is 21.4 Å². The molecule has 0 unspecified atom stereocenters. The van der Waals surface area contributed by atoms with E-state index in [4.69, 9.17) is 16.7 Å². The Kier molecular flexibility index (Phi) is 5.03. The summed E-state index contributed by atoms with van der Waals surface area (Å²) in [5, 5.41) is 5.47. The molecule has 0 atom stereocenters.